The Morgan fingerprint density at radius 3 is 2.33 bits per heavy atom. The average molecular weight is 283 g/mol. The van der Waals surface area contributed by atoms with E-state index in [9.17, 15) is 22.6 Å². The van der Waals surface area contributed by atoms with E-state index in [1.165, 1.54) is 24.3 Å². The number of hydrogen-bond acceptors (Lipinski definition) is 4. The Kier molecular flexibility index (Phi) is 4.50. The summed E-state index contributed by atoms with van der Waals surface area (Å²) in [4.78, 5) is 9.33. The topological polar surface area (TPSA) is 79.1 Å². The van der Waals surface area contributed by atoms with Gasteiger partial charge in [-0.25, -0.2) is 0 Å². The van der Waals surface area contributed by atoms with Gasteiger partial charge in [0.25, 0.3) is 0 Å². The first-order valence-corrected chi connectivity index (χ1v) is 6.16. The molecule has 100 valence electrons. The molecule has 0 bridgehead atoms. The fourth-order valence-corrected chi connectivity index (χ4v) is 2.12. The second-order valence-electron chi connectivity index (χ2n) is 3.20. The van der Waals surface area contributed by atoms with Gasteiger partial charge >= 0.3 is 13.8 Å². The maximum atomic E-state index is 11.9. The Balaban J connectivity index is 2.93. The van der Waals surface area contributed by atoms with Gasteiger partial charge in [0.05, 0.1) is 0 Å². The van der Waals surface area contributed by atoms with Crippen LogP contribution >= 0.6 is 7.60 Å². The summed E-state index contributed by atoms with van der Waals surface area (Å²) in [6, 6.07) is 7.11. The van der Waals surface area contributed by atoms with Gasteiger partial charge in [-0.3, -0.25) is 9.09 Å². The highest BCUT2D eigenvalue weighted by Gasteiger charge is 2.37. The summed E-state index contributed by atoms with van der Waals surface area (Å²) in [5, 5.41) is 11.2. The minimum atomic E-state index is -4.84. The SMILES string of the molecule is O=P(O)(OCC(F)(F)F)/C(=N/O)c1ccccc1. The van der Waals surface area contributed by atoms with E-state index in [2.05, 4.69) is 9.68 Å². The van der Waals surface area contributed by atoms with Gasteiger partial charge in [-0.1, -0.05) is 35.5 Å². The molecule has 2 N–H and O–H groups in total. The number of halogens is 3. The van der Waals surface area contributed by atoms with Crippen LogP contribution in [-0.2, 0) is 9.09 Å². The molecule has 1 aromatic carbocycles. The molecule has 0 saturated heterocycles. The van der Waals surface area contributed by atoms with Crippen LogP contribution in [0.25, 0.3) is 0 Å². The molecule has 1 rings (SSSR count). The van der Waals surface area contributed by atoms with Crippen molar-refractivity contribution >= 4 is 13.0 Å². The van der Waals surface area contributed by atoms with Gasteiger partial charge in [-0.2, -0.15) is 13.2 Å². The summed E-state index contributed by atoms with van der Waals surface area (Å²) in [6.07, 6.45) is -4.75. The third kappa shape index (κ3) is 4.14. The monoisotopic (exact) mass is 283 g/mol. The van der Waals surface area contributed by atoms with Crippen LogP contribution in [0.15, 0.2) is 35.5 Å². The Labute approximate surface area is 100 Å². The molecule has 0 amide bonds. The van der Waals surface area contributed by atoms with Crippen molar-refractivity contribution in [2.45, 2.75) is 6.18 Å². The Bertz CT molecular complexity index is 474. The number of nitrogens with zero attached hydrogens (tertiary/aromatic N) is 1. The van der Waals surface area contributed by atoms with E-state index < -0.39 is 25.8 Å². The Hall–Kier alpha value is -1.37. The fraction of sp³-hybridized carbons (Fsp3) is 0.222. The highest BCUT2D eigenvalue weighted by atomic mass is 31.2. The summed E-state index contributed by atoms with van der Waals surface area (Å²) in [5.41, 5.74) is -0.847. The lowest BCUT2D eigenvalue weighted by molar-refractivity contribution is -0.154. The molecule has 0 heterocycles. The maximum Gasteiger partial charge on any atom is 0.412 e. The normalized spacial score (nSPS) is 16.3. The first-order valence-electron chi connectivity index (χ1n) is 4.58. The molecule has 1 atom stereocenters. The van der Waals surface area contributed by atoms with Crippen LogP contribution in [0, 0.1) is 0 Å². The first-order chi connectivity index (χ1) is 8.26. The second-order valence-corrected chi connectivity index (χ2v) is 4.92. The van der Waals surface area contributed by atoms with Crippen LogP contribution < -0.4 is 0 Å². The van der Waals surface area contributed by atoms with Crippen molar-refractivity contribution in [3.8, 4) is 0 Å². The van der Waals surface area contributed by atoms with Crippen LogP contribution in [0.1, 0.15) is 5.56 Å². The number of hydrogen-bond donors (Lipinski definition) is 2. The lowest BCUT2D eigenvalue weighted by Gasteiger charge is -2.14. The van der Waals surface area contributed by atoms with Crippen molar-refractivity contribution < 1.29 is 32.4 Å². The van der Waals surface area contributed by atoms with E-state index in [1.54, 1.807) is 6.07 Å². The van der Waals surface area contributed by atoms with Crippen molar-refractivity contribution in [3.05, 3.63) is 35.9 Å². The van der Waals surface area contributed by atoms with Crippen molar-refractivity contribution in [1.82, 2.24) is 0 Å². The molecule has 0 aliphatic carbocycles. The van der Waals surface area contributed by atoms with Gasteiger partial charge in [0, 0.05) is 5.56 Å². The van der Waals surface area contributed by atoms with Crippen molar-refractivity contribution in [2.75, 3.05) is 6.61 Å². The zero-order valence-electron chi connectivity index (χ0n) is 8.83. The van der Waals surface area contributed by atoms with Crippen molar-refractivity contribution in [2.24, 2.45) is 5.16 Å². The lowest BCUT2D eigenvalue weighted by atomic mass is 10.2. The molecule has 0 radical (unpaired) electrons. The number of benzene rings is 1. The molecule has 0 spiro atoms. The molecule has 1 unspecified atom stereocenters. The predicted molar refractivity (Wildman–Crippen MR) is 56.6 cm³/mol. The highest BCUT2D eigenvalue weighted by molar-refractivity contribution is 7.72. The van der Waals surface area contributed by atoms with Gasteiger partial charge in [-0.05, 0) is 0 Å². The van der Waals surface area contributed by atoms with E-state index in [1.807, 2.05) is 0 Å². The van der Waals surface area contributed by atoms with Crippen LogP contribution in [0.3, 0.4) is 0 Å². The van der Waals surface area contributed by atoms with E-state index in [4.69, 9.17) is 5.21 Å². The highest BCUT2D eigenvalue weighted by Crippen LogP contribution is 2.47. The van der Waals surface area contributed by atoms with Crippen LogP contribution in [-0.4, -0.2) is 28.3 Å². The van der Waals surface area contributed by atoms with E-state index in [0.29, 0.717) is 0 Å². The molecule has 18 heavy (non-hydrogen) atoms. The summed E-state index contributed by atoms with van der Waals surface area (Å²) < 4.78 is 51.1. The van der Waals surface area contributed by atoms with Crippen LogP contribution in [0.5, 0.6) is 0 Å². The number of oxime groups is 1. The van der Waals surface area contributed by atoms with E-state index >= 15 is 0 Å². The quantitative estimate of drug-likeness (QED) is 0.385. The Morgan fingerprint density at radius 1 is 1.33 bits per heavy atom. The van der Waals surface area contributed by atoms with Gasteiger partial charge in [0.1, 0.15) is 0 Å². The predicted octanol–water partition coefficient (Wildman–Crippen LogP) is 2.59. The lowest BCUT2D eigenvalue weighted by Crippen LogP contribution is -2.18. The second kappa shape index (κ2) is 5.51. The summed E-state index contributed by atoms with van der Waals surface area (Å²) in [6.45, 7) is -1.91. The molecular formula is C9H9F3NO4P. The molecule has 0 aliphatic rings. The Morgan fingerprint density at radius 2 is 1.89 bits per heavy atom. The molecule has 9 heteroatoms. The standard InChI is InChI=1S/C9H9F3NO4P/c10-9(11,12)6-17-18(15,16)8(13-14)7-4-2-1-3-5-7/h1-5,14H,6H2,(H,15,16)/b13-8+. The summed E-state index contributed by atoms with van der Waals surface area (Å²) in [7, 11) is -4.84. The molecule has 5 nitrogen and oxygen atoms in total. The van der Waals surface area contributed by atoms with Gasteiger partial charge in [-0.15, -0.1) is 0 Å². The molecular weight excluding hydrogens is 274 g/mol. The third-order valence-corrected chi connectivity index (χ3v) is 3.16. The largest absolute Gasteiger partial charge is 0.412 e. The van der Waals surface area contributed by atoms with Gasteiger partial charge in [0.2, 0.25) is 0 Å². The molecule has 0 aromatic heterocycles. The summed E-state index contributed by atoms with van der Waals surface area (Å²) >= 11 is 0. The molecule has 1 aromatic rings. The van der Waals surface area contributed by atoms with Crippen molar-refractivity contribution in [3.63, 3.8) is 0 Å². The zero-order valence-corrected chi connectivity index (χ0v) is 9.73. The molecule has 0 saturated carbocycles. The van der Waals surface area contributed by atoms with Crippen molar-refractivity contribution in [1.29, 1.82) is 0 Å². The molecule has 0 aliphatic heterocycles. The van der Waals surface area contributed by atoms with Gasteiger partial charge in [0.15, 0.2) is 12.1 Å². The smallest absolute Gasteiger partial charge is 0.410 e. The van der Waals surface area contributed by atoms with Gasteiger partial charge < -0.3 is 10.1 Å². The van der Waals surface area contributed by atoms with Crippen LogP contribution in [0.2, 0.25) is 0 Å². The third-order valence-electron chi connectivity index (χ3n) is 1.80. The van der Waals surface area contributed by atoms with E-state index in [-0.39, 0.29) is 5.56 Å². The maximum absolute atomic E-state index is 11.9. The van der Waals surface area contributed by atoms with E-state index in [0.717, 1.165) is 0 Å². The van der Waals surface area contributed by atoms with Crippen LogP contribution in [0.4, 0.5) is 13.2 Å². The average Bonchev–Trinajstić information content (AvgIpc) is 2.28. The first kappa shape index (κ1) is 14.7. The fourth-order valence-electron chi connectivity index (χ4n) is 1.09. The zero-order chi connectivity index (χ0) is 13.8. The number of alkyl halides is 3. The number of rotatable bonds is 4. The minimum absolute atomic E-state index is 0.00647. The minimum Gasteiger partial charge on any atom is -0.410 e. The molecule has 0 fully saturated rings. The summed E-state index contributed by atoms with van der Waals surface area (Å²) in [5.74, 6) is 0.